The molecule has 0 amide bonds. The van der Waals surface area contributed by atoms with Crippen molar-refractivity contribution in [1.29, 1.82) is 5.26 Å². The Kier molecular flexibility index (Phi) is 4.36. The highest BCUT2D eigenvalue weighted by atomic mass is 35.5. The molecule has 0 saturated heterocycles. The highest BCUT2D eigenvalue weighted by Crippen LogP contribution is 2.33. The summed E-state index contributed by atoms with van der Waals surface area (Å²) in [6, 6.07) is 9.52. The van der Waals surface area contributed by atoms with Crippen LogP contribution in [0, 0.1) is 27.3 Å². The standard InChI is InChI=1S/C14H8ClFN2O3/c15-7-9-1-3-13(10(5-9)8-17)21-14-4-2-11(16)6-12(14)18(19)20/h1-6H,7H2. The first kappa shape index (κ1) is 14.8. The number of nitro groups is 1. The van der Waals surface area contributed by atoms with Crippen LogP contribution in [0.1, 0.15) is 11.1 Å². The van der Waals surface area contributed by atoms with Gasteiger partial charge in [0, 0.05) is 5.88 Å². The fraction of sp³-hybridized carbons (Fsp3) is 0.0714. The van der Waals surface area contributed by atoms with Crippen LogP contribution in [0.5, 0.6) is 11.5 Å². The van der Waals surface area contributed by atoms with Crippen LogP contribution in [-0.4, -0.2) is 4.92 Å². The average Bonchev–Trinajstić information content (AvgIpc) is 2.49. The van der Waals surface area contributed by atoms with Gasteiger partial charge in [-0.3, -0.25) is 10.1 Å². The van der Waals surface area contributed by atoms with Crippen molar-refractivity contribution in [2.75, 3.05) is 0 Å². The fourth-order valence-corrected chi connectivity index (χ4v) is 1.84. The first-order chi connectivity index (χ1) is 10.0. The Morgan fingerprint density at radius 1 is 1.29 bits per heavy atom. The third-order valence-electron chi connectivity index (χ3n) is 2.66. The monoisotopic (exact) mass is 306 g/mol. The average molecular weight is 307 g/mol. The Morgan fingerprint density at radius 2 is 2.00 bits per heavy atom. The topological polar surface area (TPSA) is 76.2 Å². The maximum atomic E-state index is 13.1. The molecule has 0 heterocycles. The van der Waals surface area contributed by atoms with E-state index >= 15 is 0 Å². The van der Waals surface area contributed by atoms with Gasteiger partial charge in [0.1, 0.15) is 17.6 Å². The second-order valence-corrected chi connectivity index (χ2v) is 4.31. The van der Waals surface area contributed by atoms with E-state index in [4.69, 9.17) is 21.6 Å². The smallest absolute Gasteiger partial charge is 0.314 e. The SMILES string of the molecule is N#Cc1cc(CCl)ccc1Oc1ccc(F)cc1[N+](=O)[O-]. The number of halogens is 2. The molecular formula is C14H8ClFN2O3. The van der Waals surface area contributed by atoms with E-state index in [1.807, 2.05) is 6.07 Å². The van der Waals surface area contributed by atoms with Gasteiger partial charge in [0.15, 0.2) is 0 Å². The summed E-state index contributed by atoms with van der Waals surface area (Å²) in [7, 11) is 0. The molecule has 2 aromatic rings. The molecule has 0 fully saturated rings. The van der Waals surface area contributed by atoms with E-state index in [9.17, 15) is 14.5 Å². The minimum absolute atomic E-state index is 0.140. The van der Waals surface area contributed by atoms with Gasteiger partial charge in [0.05, 0.1) is 16.6 Å². The number of hydrogen-bond acceptors (Lipinski definition) is 4. The van der Waals surface area contributed by atoms with Crippen molar-refractivity contribution in [3.63, 3.8) is 0 Å². The van der Waals surface area contributed by atoms with Gasteiger partial charge >= 0.3 is 5.69 Å². The maximum absolute atomic E-state index is 13.1. The van der Waals surface area contributed by atoms with Gasteiger partial charge < -0.3 is 4.74 Å². The third-order valence-corrected chi connectivity index (χ3v) is 2.96. The number of hydrogen-bond donors (Lipinski definition) is 0. The van der Waals surface area contributed by atoms with Crippen molar-refractivity contribution in [2.24, 2.45) is 0 Å². The van der Waals surface area contributed by atoms with Crippen LogP contribution in [0.15, 0.2) is 36.4 Å². The van der Waals surface area contributed by atoms with Crippen LogP contribution in [0.2, 0.25) is 0 Å². The van der Waals surface area contributed by atoms with E-state index in [1.165, 1.54) is 12.1 Å². The molecule has 21 heavy (non-hydrogen) atoms. The number of ether oxygens (including phenoxy) is 1. The minimum atomic E-state index is -0.752. The molecule has 0 N–H and O–H groups in total. The zero-order chi connectivity index (χ0) is 15.4. The molecule has 5 nitrogen and oxygen atoms in total. The van der Waals surface area contributed by atoms with Crippen LogP contribution in [0.25, 0.3) is 0 Å². The quantitative estimate of drug-likeness (QED) is 0.483. The van der Waals surface area contributed by atoms with Crippen molar-refractivity contribution in [2.45, 2.75) is 5.88 Å². The highest BCUT2D eigenvalue weighted by molar-refractivity contribution is 6.17. The molecule has 0 aromatic heterocycles. The lowest BCUT2D eigenvalue weighted by Crippen LogP contribution is -1.96. The van der Waals surface area contributed by atoms with Gasteiger partial charge in [-0.2, -0.15) is 5.26 Å². The number of nitro benzene ring substituents is 1. The van der Waals surface area contributed by atoms with Gasteiger partial charge in [0.25, 0.3) is 0 Å². The number of benzene rings is 2. The molecule has 2 aromatic carbocycles. The second kappa shape index (κ2) is 6.20. The number of alkyl halides is 1. The molecule has 0 aliphatic rings. The van der Waals surface area contributed by atoms with Crippen LogP contribution < -0.4 is 4.74 Å². The Labute approximate surface area is 124 Å². The summed E-state index contributed by atoms with van der Waals surface area (Å²) in [4.78, 5) is 10.1. The predicted molar refractivity (Wildman–Crippen MR) is 73.8 cm³/mol. The number of nitrogens with zero attached hydrogens (tertiary/aromatic N) is 2. The highest BCUT2D eigenvalue weighted by Gasteiger charge is 2.18. The first-order valence-electron chi connectivity index (χ1n) is 5.76. The Balaban J connectivity index is 2.43. The van der Waals surface area contributed by atoms with E-state index in [2.05, 4.69) is 0 Å². The molecule has 0 unspecified atom stereocenters. The molecule has 0 atom stereocenters. The molecule has 106 valence electrons. The molecular weight excluding hydrogens is 299 g/mol. The molecule has 0 spiro atoms. The van der Waals surface area contributed by atoms with Crippen molar-refractivity contribution >= 4 is 17.3 Å². The predicted octanol–water partition coefficient (Wildman–Crippen LogP) is 4.14. The normalized spacial score (nSPS) is 9.95. The largest absolute Gasteiger partial charge is 0.449 e. The van der Waals surface area contributed by atoms with Crippen LogP contribution in [-0.2, 0) is 5.88 Å². The summed E-state index contributed by atoms with van der Waals surface area (Å²) in [6.45, 7) is 0. The van der Waals surface area contributed by atoms with E-state index in [0.717, 1.165) is 18.2 Å². The summed E-state index contributed by atoms with van der Waals surface area (Å²) in [5, 5.41) is 20.0. The molecule has 0 bridgehead atoms. The summed E-state index contributed by atoms with van der Waals surface area (Å²) in [5.41, 5.74) is 0.390. The molecule has 2 rings (SSSR count). The van der Waals surface area contributed by atoms with Gasteiger partial charge in [-0.1, -0.05) is 6.07 Å². The number of nitriles is 1. The zero-order valence-corrected chi connectivity index (χ0v) is 11.3. The molecule has 0 radical (unpaired) electrons. The molecule has 7 heteroatoms. The van der Waals surface area contributed by atoms with Crippen LogP contribution in [0.4, 0.5) is 10.1 Å². The molecule has 0 aliphatic carbocycles. The van der Waals surface area contributed by atoms with E-state index in [0.29, 0.717) is 5.56 Å². The van der Waals surface area contributed by atoms with E-state index in [-0.39, 0.29) is 22.9 Å². The lowest BCUT2D eigenvalue weighted by atomic mass is 10.1. The van der Waals surface area contributed by atoms with Gasteiger partial charge in [-0.15, -0.1) is 11.6 Å². The van der Waals surface area contributed by atoms with Crippen LogP contribution >= 0.6 is 11.6 Å². The van der Waals surface area contributed by atoms with E-state index in [1.54, 1.807) is 6.07 Å². The second-order valence-electron chi connectivity index (χ2n) is 4.05. The van der Waals surface area contributed by atoms with Crippen LogP contribution in [0.3, 0.4) is 0 Å². The van der Waals surface area contributed by atoms with Crippen molar-refractivity contribution in [1.82, 2.24) is 0 Å². The van der Waals surface area contributed by atoms with Gasteiger partial charge in [-0.25, -0.2) is 4.39 Å². The first-order valence-corrected chi connectivity index (χ1v) is 6.29. The van der Waals surface area contributed by atoms with Crippen molar-refractivity contribution < 1.29 is 14.1 Å². The Hall–Kier alpha value is -2.65. The summed E-state index contributed by atoms with van der Waals surface area (Å²) < 4.78 is 18.4. The number of rotatable bonds is 4. The lowest BCUT2D eigenvalue weighted by molar-refractivity contribution is -0.385. The summed E-state index contributed by atoms with van der Waals surface area (Å²) in [6.07, 6.45) is 0. The molecule has 0 aliphatic heterocycles. The minimum Gasteiger partial charge on any atom is -0.449 e. The lowest BCUT2D eigenvalue weighted by Gasteiger charge is -2.08. The van der Waals surface area contributed by atoms with Crippen molar-refractivity contribution in [3.8, 4) is 17.6 Å². The molecule has 0 saturated carbocycles. The fourth-order valence-electron chi connectivity index (χ4n) is 1.67. The Morgan fingerprint density at radius 3 is 2.62 bits per heavy atom. The zero-order valence-electron chi connectivity index (χ0n) is 10.5. The third kappa shape index (κ3) is 3.27. The van der Waals surface area contributed by atoms with Gasteiger partial charge in [-0.05, 0) is 29.8 Å². The van der Waals surface area contributed by atoms with Crippen molar-refractivity contribution in [3.05, 3.63) is 63.5 Å². The summed E-state index contributed by atoms with van der Waals surface area (Å²) >= 11 is 5.67. The maximum Gasteiger partial charge on any atom is 0.314 e. The Bertz CT molecular complexity index is 743. The van der Waals surface area contributed by atoms with E-state index < -0.39 is 16.4 Å². The summed E-state index contributed by atoms with van der Waals surface area (Å²) in [5.74, 6) is -0.518. The van der Waals surface area contributed by atoms with Gasteiger partial charge in [0.2, 0.25) is 5.75 Å².